The Morgan fingerprint density at radius 1 is 1.36 bits per heavy atom. The Hall–Kier alpha value is -2.64. The van der Waals surface area contributed by atoms with Crippen LogP contribution in [0.2, 0.25) is 0 Å². The molecular weight excluding hydrogens is 370 g/mol. The number of hydrogen-bond donors (Lipinski definition) is 2. The Kier molecular flexibility index (Phi) is 4.21. The highest BCUT2D eigenvalue weighted by Gasteiger charge is 2.27. The number of hydrogen-bond acceptors (Lipinski definition) is 6. The van der Waals surface area contributed by atoms with Crippen LogP contribution >= 0.6 is 11.3 Å². The fourth-order valence-corrected chi connectivity index (χ4v) is 4.59. The predicted octanol–water partition coefficient (Wildman–Crippen LogP) is 4.00. The zero-order valence-electron chi connectivity index (χ0n) is 16.0. The van der Waals surface area contributed by atoms with E-state index in [1.54, 1.807) is 18.4 Å². The Balaban J connectivity index is 1.65. The molecule has 1 atom stereocenters. The maximum atomic E-state index is 5.61. The van der Waals surface area contributed by atoms with Crippen molar-refractivity contribution in [3.8, 4) is 17.1 Å². The number of rotatable bonds is 5. The van der Waals surface area contributed by atoms with Crippen molar-refractivity contribution in [1.82, 2.24) is 20.1 Å². The van der Waals surface area contributed by atoms with Crippen molar-refractivity contribution in [2.24, 2.45) is 0 Å². The number of nitrogens with zero attached hydrogens (tertiary/aromatic N) is 3. The van der Waals surface area contributed by atoms with Crippen LogP contribution in [0.15, 0.2) is 48.1 Å². The summed E-state index contributed by atoms with van der Waals surface area (Å²) in [5.41, 5.74) is 2.76. The van der Waals surface area contributed by atoms with Gasteiger partial charge in [-0.15, -0.1) is 11.3 Å². The molecule has 0 radical (unpaired) electrons. The predicted molar refractivity (Wildman–Crippen MR) is 114 cm³/mol. The molecule has 7 heteroatoms. The first-order chi connectivity index (χ1) is 13.7. The van der Waals surface area contributed by atoms with E-state index in [0.717, 1.165) is 46.5 Å². The molecule has 6 nitrogen and oxygen atoms in total. The van der Waals surface area contributed by atoms with E-state index < -0.39 is 0 Å². The normalized spacial score (nSPS) is 21.8. The van der Waals surface area contributed by atoms with Gasteiger partial charge in [0.15, 0.2) is 0 Å². The third-order valence-electron chi connectivity index (χ3n) is 5.44. The van der Waals surface area contributed by atoms with Gasteiger partial charge in [-0.1, -0.05) is 24.3 Å². The molecule has 5 rings (SSSR count). The van der Waals surface area contributed by atoms with Crippen molar-refractivity contribution in [1.29, 1.82) is 0 Å². The molecule has 3 aromatic heterocycles. The molecule has 1 fully saturated rings. The van der Waals surface area contributed by atoms with Crippen LogP contribution in [0.5, 0.6) is 5.88 Å². The molecule has 1 aliphatic heterocycles. The molecule has 0 saturated carbocycles. The number of fused-ring (bicyclic) bond motifs is 1. The third-order valence-corrected chi connectivity index (χ3v) is 6.37. The second-order valence-electron chi connectivity index (χ2n) is 7.56. The molecule has 28 heavy (non-hydrogen) atoms. The summed E-state index contributed by atoms with van der Waals surface area (Å²) >= 11 is 1.71. The van der Waals surface area contributed by atoms with E-state index in [0.29, 0.717) is 11.9 Å². The van der Waals surface area contributed by atoms with Gasteiger partial charge in [-0.3, -0.25) is 4.68 Å². The van der Waals surface area contributed by atoms with E-state index in [4.69, 9.17) is 9.72 Å². The lowest BCUT2D eigenvalue weighted by molar-refractivity contribution is 0.318. The minimum Gasteiger partial charge on any atom is -0.481 e. The van der Waals surface area contributed by atoms with Crippen LogP contribution < -0.4 is 15.4 Å². The number of ether oxygens (including phenoxy) is 1. The smallest absolute Gasteiger partial charge is 0.222 e. The summed E-state index contributed by atoms with van der Waals surface area (Å²) in [6, 6.07) is 2.49. The molecule has 4 heterocycles. The highest BCUT2D eigenvalue weighted by molar-refractivity contribution is 7.18. The summed E-state index contributed by atoms with van der Waals surface area (Å²) in [6.07, 6.45) is 13.5. The highest BCUT2D eigenvalue weighted by atomic mass is 32.1. The molecule has 1 unspecified atom stereocenters. The second kappa shape index (κ2) is 6.76. The molecule has 1 aliphatic carbocycles. The lowest BCUT2D eigenvalue weighted by atomic mass is 9.93. The van der Waals surface area contributed by atoms with Gasteiger partial charge < -0.3 is 15.4 Å². The number of thiophene rings is 1. The summed E-state index contributed by atoms with van der Waals surface area (Å²) in [6.45, 7) is 4.13. The summed E-state index contributed by atoms with van der Waals surface area (Å²) in [5, 5.41) is 14.8. The van der Waals surface area contributed by atoms with E-state index in [1.807, 2.05) is 10.9 Å². The van der Waals surface area contributed by atoms with Crippen molar-refractivity contribution >= 4 is 27.1 Å². The number of methoxy groups -OCH3 is 1. The first-order valence-corrected chi connectivity index (χ1v) is 10.4. The number of anilines is 1. The van der Waals surface area contributed by atoms with Crippen molar-refractivity contribution in [2.45, 2.75) is 24.9 Å². The number of allylic oxidation sites excluding steroid dienone is 2. The van der Waals surface area contributed by atoms with Crippen molar-refractivity contribution < 1.29 is 4.74 Å². The minimum absolute atomic E-state index is 0.162. The molecule has 2 aliphatic rings. The Morgan fingerprint density at radius 3 is 2.96 bits per heavy atom. The molecule has 3 aromatic rings. The van der Waals surface area contributed by atoms with Crippen LogP contribution in [0.25, 0.3) is 21.3 Å². The van der Waals surface area contributed by atoms with Crippen LogP contribution in [0, 0.1) is 0 Å². The van der Waals surface area contributed by atoms with Crippen LogP contribution in [0.3, 0.4) is 0 Å². The zero-order valence-corrected chi connectivity index (χ0v) is 16.8. The van der Waals surface area contributed by atoms with Gasteiger partial charge in [0.2, 0.25) is 5.88 Å². The molecule has 0 amide bonds. The molecule has 144 valence electrons. The summed E-state index contributed by atoms with van der Waals surface area (Å²) < 4.78 is 8.80. The zero-order chi connectivity index (χ0) is 19.1. The number of nitrogens with one attached hydrogen (secondary N) is 2. The van der Waals surface area contributed by atoms with Gasteiger partial charge in [0.25, 0.3) is 0 Å². The summed E-state index contributed by atoms with van der Waals surface area (Å²) in [7, 11) is 1.68. The average molecular weight is 394 g/mol. The Morgan fingerprint density at radius 2 is 2.25 bits per heavy atom. The quantitative estimate of drug-likeness (QED) is 0.686. The Bertz CT molecular complexity index is 1080. The van der Waals surface area contributed by atoms with Crippen LogP contribution in [0.4, 0.5) is 5.69 Å². The monoisotopic (exact) mass is 393 g/mol. The first kappa shape index (κ1) is 17.5. The van der Waals surface area contributed by atoms with Crippen LogP contribution in [0.1, 0.15) is 19.4 Å². The van der Waals surface area contributed by atoms with Gasteiger partial charge in [-0.2, -0.15) is 5.10 Å². The van der Waals surface area contributed by atoms with Crippen molar-refractivity contribution in [2.75, 3.05) is 25.5 Å². The topological polar surface area (TPSA) is 64.0 Å². The lowest BCUT2D eigenvalue weighted by Gasteiger charge is -2.30. The average Bonchev–Trinajstić information content (AvgIpc) is 3.31. The highest BCUT2D eigenvalue weighted by Crippen LogP contribution is 2.42. The molecule has 2 N–H and O–H groups in total. The lowest BCUT2D eigenvalue weighted by Crippen LogP contribution is -2.43. The molecule has 0 bridgehead atoms. The van der Waals surface area contributed by atoms with E-state index in [9.17, 15) is 0 Å². The van der Waals surface area contributed by atoms with E-state index in [1.165, 1.54) is 0 Å². The Labute approximate surface area is 167 Å². The first-order valence-electron chi connectivity index (χ1n) is 9.50. The fraction of sp³-hybridized carbons (Fsp3) is 0.333. The SMILES string of the molecule is COc1nc(-c2cnn(C3CNC3)c2)c(NC2(C)C=CC=CC2)c2sccc12. The maximum Gasteiger partial charge on any atom is 0.222 e. The largest absolute Gasteiger partial charge is 0.481 e. The number of pyridine rings is 1. The molecular formula is C21H23N5OS. The van der Waals surface area contributed by atoms with Gasteiger partial charge in [-0.05, 0) is 24.8 Å². The molecule has 1 saturated heterocycles. The summed E-state index contributed by atoms with van der Waals surface area (Å²) in [4.78, 5) is 4.89. The van der Waals surface area contributed by atoms with Gasteiger partial charge in [0, 0.05) is 24.8 Å². The molecule has 0 spiro atoms. The number of aromatic nitrogens is 3. The minimum atomic E-state index is -0.162. The van der Waals surface area contributed by atoms with E-state index in [2.05, 4.69) is 64.6 Å². The standard InChI is InChI=1S/C21H23N5OS/c1-21(7-4-3-5-8-21)25-18-17(14-10-23-26(13-14)15-11-22-12-15)24-20(27-2)16-6-9-28-19(16)18/h3-7,9-10,13,15,22,25H,8,11-12H2,1-2H3. The van der Waals surface area contributed by atoms with E-state index >= 15 is 0 Å². The van der Waals surface area contributed by atoms with Gasteiger partial charge in [-0.25, -0.2) is 4.98 Å². The third kappa shape index (κ3) is 2.91. The van der Waals surface area contributed by atoms with Crippen molar-refractivity contribution in [3.05, 3.63) is 48.1 Å². The van der Waals surface area contributed by atoms with Crippen molar-refractivity contribution in [3.63, 3.8) is 0 Å². The maximum absolute atomic E-state index is 5.61. The van der Waals surface area contributed by atoms with Gasteiger partial charge in [0.1, 0.15) is 5.69 Å². The second-order valence-corrected chi connectivity index (χ2v) is 8.48. The van der Waals surface area contributed by atoms with Gasteiger partial charge in [0.05, 0.1) is 40.7 Å². The van der Waals surface area contributed by atoms with Crippen LogP contribution in [-0.2, 0) is 0 Å². The molecule has 0 aromatic carbocycles. The van der Waals surface area contributed by atoms with E-state index in [-0.39, 0.29) is 5.54 Å². The fourth-order valence-electron chi connectivity index (χ4n) is 3.70. The van der Waals surface area contributed by atoms with Gasteiger partial charge >= 0.3 is 0 Å². The summed E-state index contributed by atoms with van der Waals surface area (Å²) in [5.74, 6) is 0.652. The van der Waals surface area contributed by atoms with Crippen LogP contribution in [-0.4, -0.2) is 40.5 Å².